The Hall–Kier alpha value is -1.99. The molecular formula is C14H11ClFNO4S. The lowest BCUT2D eigenvalue weighted by Crippen LogP contribution is -2.17. The fourth-order valence-electron chi connectivity index (χ4n) is 1.96. The zero-order valence-corrected chi connectivity index (χ0v) is 12.7. The Balaban J connectivity index is 1.93. The number of sulfonamides is 1. The van der Waals surface area contributed by atoms with E-state index in [9.17, 15) is 12.8 Å². The molecule has 2 aromatic carbocycles. The summed E-state index contributed by atoms with van der Waals surface area (Å²) in [5.41, 5.74) is 0.162. The van der Waals surface area contributed by atoms with Crippen LogP contribution in [0.1, 0.15) is 0 Å². The smallest absolute Gasteiger partial charge is 0.261 e. The fourth-order valence-corrected chi connectivity index (χ4v) is 3.29. The second kappa shape index (κ2) is 5.66. The molecule has 0 saturated carbocycles. The maximum absolute atomic E-state index is 12.9. The first-order chi connectivity index (χ1) is 10.5. The van der Waals surface area contributed by atoms with E-state index in [1.165, 1.54) is 24.3 Å². The molecule has 3 rings (SSSR count). The van der Waals surface area contributed by atoms with E-state index >= 15 is 0 Å². The van der Waals surface area contributed by atoms with Crippen molar-refractivity contribution in [1.29, 1.82) is 0 Å². The predicted octanol–water partition coefficient (Wildman–Crippen LogP) is 3.05. The zero-order chi connectivity index (χ0) is 15.7. The normalized spacial score (nSPS) is 13.7. The van der Waals surface area contributed by atoms with Crippen LogP contribution in [0.2, 0.25) is 5.02 Å². The largest absolute Gasteiger partial charge is 0.486 e. The lowest BCUT2D eigenvalue weighted by Gasteiger charge is -2.20. The van der Waals surface area contributed by atoms with Crippen molar-refractivity contribution in [1.82, 2.24) is 0 Å². The molecule has 116 valence electrons. The fraction of sp³-hybridized carbons (Fsp3) is 0.143. The summed E-state index contributed by atoms with van der Waals surface area (Å²) in [5.74, 6) is 0.352. The number of benzene rings is 2. The van der Waals surface area contributed by atoms with Gasteiger partial charge in [0.25, 0.3) is 10.0 Å². The van der Waals surface area contributed by atoms with Gasteiger partial charge in [0.05, 0.1) is 15.6 Å². The summed E-state index contributed by atoms with van der Waals surface area (Å²) in [4.78, 5) is -0.0696. The number of rotatable bonds is 3. The molecular weight excluding hydrogens is 333 g/mol. The maximum Gasteiger partial charge on any atom is 0.261 e. The van der Waals surface area contributed by atoms with Crippen LogP contribution >= 0.6 is 11.6 Å². The van der Waals surface area contributed by atoms with Crippen LogP contribution in [0.3, 0.4) is 0 Å². The molecule has 2 aromatic rings. The summed E-state index contributed by atoms with van der Waals surface area (Å²) >= 11 is 6.06. The molecule has 0 bridgehead atoms. The molecule has 0 atom stereocenters. The number of nitrogens with one attached hydrogen (secondary N) is 1. The summed E-state index contributed by atoms with van der Waals surface area (Å²) in [5, 5.41) is 0.176. The minimum Gasteiger partial charge on any atom is -0.486 e. The van der Waals surface area contributed by atoms with Gasteiger partial charge in [0.2, 0.25) is 0 Å². The van der Waals surface area contributed by atoms with Crippen LogP contribution in [0.4, 0.5) is 10.1 Å². The molecule has 1 aliphatic rings. The first-order valence-electron chi connectivity index (χ1n) is 6.33. The third kappa shape index (κ3) is 2.95. The van der Waals surface area contributed by atoms with E-state index in [1.807, 2.05) is 0 Å². The number of anilines is 1. The molecule has 1 aliphatic heterocycles. The summed E-state index contributed by atoms with van der Waals surface area (Å²) in [6, 6.07) is 7.42. The minimum absolute atomic E-state index is 0.0696. The highest BCUT2D eigenvalue weighted by atomic mass is 35.5. The van der Waals surface area contributed by atoms with E-state index in [-0.39, 0.29) is 15.6 Å². The molecule has 0 unspecified atom stereocenters. The van der Waals surface area contributed by atoms with Crippen LogP contribution in [0, 0.1) is 5.82 Å². The molecule has 1 N–H and O–H groups in total. The van der Waals surface area contributed by atoms with Crippen molar-refractivity contribution in [3.05, 3.63) is 47.2 Å². The average molecular weight is 344 g/mol. The number of halogens is 2. The lowest BCUT2D eigenvalue weighted by molar-refractivity contribution is 0.171. The second-order valence-corrected chi connectivity index (χ2v) is 6.62. The molecule has 22 heavy (non-hydrogen) atoms. The van der Waals surface area contributed by atoms with Crippen LogP contribution in [-0.4, -0.2) is 21.6 Å². The Morgan fingerprint density at radius 3 is 2.27 bits per heavy atom. The molecule has 0 fully saturated rings. The van der Waals surface area contributed by atoms with Gasteiger partial charge in [-0.15, -0.1) is 0 Å². The molecule has 8 heteroatoms. The lowest BCUT2D eigenvalue weighted by atomic mass is 10.2. The number of fused-ring (bicyclic) bond motifs is 1. The van der Waals surface area contributed by atoms with Gasteiger partial charge in [0, 0.05) is 12.1 Å². The Labute approximate surface area is 131 Å². The number of ether oxygens (including phenoxy) is 2. The number of hydrogen-bond acceptors (Lipinski definition) is 4. The van der Waals surface area contributed by atoms with Gasteiger partial charge in [0.15, 0.2) is 11.5 Å². The van der Waals surface area contributed by atoms with E-state index < -0.39 is 15.8 Å². The molecule has 0 spiro atoms. The molecule has 0 saturated heterocycles. The monoisotopic (exact) mass is 343 g/mol. The third-order valence-electron chi connectivity index (χ3n) is 3.00. The molecule has 5 nitrogen and oxygen atoms in total. The Bertz CT molecular complexity index is 808. The highest BCUT2D eigenvalue weighted by Crippen LogP contribution is 2.38. The van der Waals surface area contributed by atoms with Gasteiger partial charge < -0.3 is 9.47 Å². The van der Waals surface area contributed by atoms with Gasteiger partial charge >= 0.3 is 0 Å². The van der Waals surface area contributed by atoms with Gasteiger partial charge in [-0.25, -0.2) is 12.8 Å². The van der Waals surface area contributed by atoms with Crippen molar-refractivity contribution in [2.24, 2.45) is 0 Å². The Kier molecular flexibility index (Phi) is 3.84. The number of hydrogen-bond donors (Lipinski definition) is 1. The maximum atomic E-state index is 12.9. The summed E-state index contributed by atoms with van der Waals surface area (Å²) in [6.45, 7) is 0.781. The molecule has 0 aromatic heterocycles. The highest BCUT2D eigenvalue weighted by Gasteiger charge is 2.20. The van der Waals surface area contributed by atoms with Crippen molar-refractivity contribution >= 4 is 27.3 Å². The van der Waals surface area contributed by atoms with Gasteiger partial charge in [0.1, 0.15) is 19.0 Å². The Morgan fingerprint density at radius 1 is 1.05 bits per heavy atom. The van der Waals surface area contributed by atoms with E-state index in [0.29, 0.717) is 24.7 Å². The van der Waals surface area contributed by atoms with E-state index in [0.717, 1.165) is 12.1 Å². The molecule has 1 heterocycles. The molecule has 0 radical (unpaired) electrons. The first kappa shape index (κ1) is 14.9. The van der Waals surface area contributed by atoms with Crippen LogP contribution in [0.25, 0.3) is 0 Å². The highest BCUT2D eigenvalue weighted by molar-refractivity contribution is 7.92. The van der Waals surface area contributed by atoms with Crippen molar-refractivity contribution in [2.75, 3.05) is 17.9 Å². The predicted molar refractivity (Wildman–Crippen MR) is 79.7 cm³/mol. The molecule has 0 aliphatic carbocycles. The van der Waals surface area contributed by atoms with E-state index in [1.54, 1.807) is 0 Å². The van der Waals surface area contributed by atoms with Gasteiger partial charge in [-0.2, -0.15) is 0 Å². The van der Waals surface area contributed by atoms with E-state index in [4.69, 9.17) is 21.1 Å². The van der Waals surface area contributed by atoms with Gasteiger partial charge in [-0.1, -0.05) is 11.6 Å². The SMILES string of the molecule is O=S(=O)(Nc1cc2c(cc1Cl)OCCO2)c1ccc(F)cc1. The standard InChI is InChI=1S/C14H11ClFNO4S/c15-11-7-13-14(21-6-5-20-13)8-12(11)17-22(18,19)10-3-1-9(16)2-4-10/h1-4,7-8,17H,5-6H2. The third-order valence-corrected chi connectivity index (χ3v) is 4.69. The minimum atomic E-state index is -3.88. The second-order valence-electron chi connectivity index (χ2n) is 4.54. The van der Waals surface area contributed by atoms with Crippen LogP contribution < -0.4 is 14.2 Å². The van der Waals surface area contributed by atoms with E-state index in [2.05, 4.69) is 4.72 Å². The van der Waals surface area contributed by atoms with Crippen LogP contribution in [0.5, 0.6) is 11.5 Å². The summed E-state index contributed by atoms with van der Waals surface area (Å²) in [6.07, 6.45) is 0. The van der Waals surface area contributed by atoms with Crippen molar-refractivity contribution in [3.8, 4) is 11.5 Å². The topological polar surface area (TPSA) is 64.6 Å². The van der Waals surface area contributed by atoms with Crippen LogP contribution in [-0.2, 0) is 10.0 Å². The molecule has 0 amide bonds. The zero-order valence-electron chi connectivity index (χ0n) is 11.2. The van der Waals surface area contributed by atoms with Crippen molar-refractivity contribution in [2.45, 2.75) is 4.90 Å². The summed E-state index contributed by atoms with van der Waals surface area (Å²) in [7, 11) is -3.88. The van der Waals surface area contributed by atoms with Gasteiger partial charge in [-0.05, 0) is 24.3 Å². The van der Waals surface area contributed by atoms with Crippen molar-refractivity contribution in [3.63, 3.8) is 0 Å². The first-order valence-corrected chi connectivity index (χ1v) is 8.19. The van der Waals surface area contributed by atoms with Crippen molar-refractivity contribution < 1.29 is 22.3 Å². The summed E-state index contributed by atoms with van der Waals surface area (Å²) < 4.78 is 50.5. The average Bonchev–Trinajstić information content (AvgIpc) is 2.48. The quantitative estimate of drug-likeness (QED) is 0.930. The Morgan fingerprint density at radius 2 is 1.64 bits per heavy atom. The van der Waals surface area contributed by atoms with Gasteiger partial charge in [-0.3, -0.25) is 4.72 Å². The van der Waals surface area contributed by atoms with Crippen LogP contribution in [0.15, 0.2) is 41.3 Å².